The number of amides is 2. The van der Waals surface area contributed by atoms with Crippen LogP contribution in [0, 0.1) is 10.1 Å². The molecular formula is C12H9Cl2N5O3. The largest absolute Gasteiger partial charge is 0.350 e. The number of benzene rings is 1. The molecule has 0 saturated carbocycles. The minimum Gasteiger partial charge on any atom is -0.350 e. The van der Waals surface area contributed by atoms with Crippen molar-refractivity contribution in [3.8, 4) is 0 Å². The number of non-ortho nitro benzene ring substituents is 1. The first-order valence-corrected chi connectivity index (χ1v) is 6.56. The highest BCUT2D eigenvalue weighted by Gasteiger charge is 2.15. The van der Waals surface area contributed by atoms with Crippen LogP contribution in [-0.2, 0) is 0 Å². The average molecular weight is 342 g/mol. The Bertz CT molecular complexity index is 703. The summed E-state index contributed by atoms with van der Waals surface area (Å²) in [7, 11) is 0. The van der Waals surface area contributed by atoms with Crippen LogP contribution in [0.25, 0.3) is 0 Å². The molecule has 0 unspecified atom stereocenters. The zero-order valence-corrected chi connectivity index (χ0v) is 12.4. The van der Waals surface area contributed by atoms with E-state index in [1.165, 1.54) is 36.4 Å². The lowest BCUT2D eigenvalue weighted by Gasteiger charge is -2.22. The topological polar surface area (TPSA) is 114 Å². The van der Waals surface area contributed by atoms with Crippen LogP contribution >= 0.6 is 23.2 Å². The summed E-state index contributed by atoms with van der Waals surface area (Å²) < 4.78 is 0. The second kappa shape index (κ2) is 6.46. The first-order chi connectivity index (χ1) is 10.4. The van der Waals surface area contributed by atoms with Crippen molar-refractivity contribution in [3.05, 3.63) is 56.8 Å². The van der Waals surface area contributed by atoms with Crippen molar-refractivity contribution in [2.45, 2.75) is 0 Å². The lowest BCUT2D eigenvalue weighted by molar-refractivity contribution is -0.384. The Balaban J connectivity index is 2.29. The summed E-state index contributed by atoms with van der Waals surface area (Å²) in [5, 5.41) is 11.8. The van der Waals surface area contributed by atoms with Gasteiger partial charge in [0.05, 0.1) is 16.3 Å². The number of nitrogens with one attached hydrogen (secondary N) is 1. The van der Waals surface area contributed by atoms with E-state index in [9.17, 15) is 14.9 Å². The summed E-state index contributed by atoms with van der Waals surface area (Å²) in [6, 6.07) is 7.38. The summed E-state index contributed by atoms with van der Waals surface area (Å²) in [5.74, 6) is 0. The Morgan fingerprint density at radius 1 is 1.23 bits per heavy atom. The maximum Gasteiger partial charge on any atom is 0.338 e. The van der Waals surface area contributed by atoms with E-state index in [4.69, 9.17) is 28.9 Å². The van der Waals surface area contributed by atoms with Gasteiger partial charge in [-0.3, -0.25) is 15.5 Å². The number of carbonyl (C=O) groups excluding carboxylic acids is 1. The van der Waals surface area contributed by atoms with Crippen LogP contribution in [0.4, 0.5) is 21.9 Å². The lowest BCUT2D eigenvalue weighted by atomic mass is 10.3. The molecule has 2 rings (SSSR count). The molecule has 0 saturated heterocycles. The van der Waals surface area contributed by atoms with Gasteiger partial charge in [-0.25, -0.2) is 14.8 Å². The molecular weight excluding hydrogens is 333 g/mol. The highest BCUT2D eigenvalue weighted by molar-refractivity contribution is 6.33. The first kappa shape index (κ1) is 15.8. The van der Waals surface area contributed by atoms with Crippen molar-refractivity contribution in [2.24, 2.45) is 5.73 Å². The van der Waals surface area contributed by atoms with E-state index < -0.39 is 11.0 Å². The number of hydrogen-bond acceptors (Lipinski definition) is 5. The number of hydrazine groups is 1. The second-order valence-corrected chi connectivity index (χ2v) is 4.83. The second-order valence-electron chi connectivity index (χ2n) is 4.06. The Morgan fingerprint density at radius 3 is 2.23 bits per heavy atom. The van der Waals surface area contributed by atoms with E-state index in [2.05, 4.69) is 10.4 Å². The van der Waals surface area contributed by atoms with E-state index in [0.717, 1.165) is 5.01 Å². The Hall–Kier alpha value is -2.58. The molecule has 0 aliphatic rings. The van der Waals surface area contributed by atoms with E-state index in [0.29, 0.717) is 5.69 Å². The molecule has 0 fully saturated rings. The van der Waals surface area contributed by atoms with Gasteiger partial charge in [0, 0.05) is 24.3 Å². The van der Waals surface area contributed by atoms with Crippen molar-refractivity contribution >= 4 is 46.3 Å². The number of rotatable bonds is 4. The minimum absolute atomic E-state index is 0.0776. The van der Waals surface area contributed by atoms with Crippen LogP contribution in [0.1, 0.15) is 0 Å². The fourth-order valence-corrected chi connectivity index (χ4v) is 2.06. The van der Waals surface area contributed by atoms with Gasteiger partial charge < -0.3 is 5.73 Å². The number of nitrogens with two attached hydrogens (primary N) is 1. The fraction of sp³-hybridized carbons (Fsp3) is 0. The fourth-order valence-electron chi connectivity index (χ4n) is 1.62. The zero-order chi connectivity index (χ0) is 16.3. The molecule has 0 aliphatic heterocycles. The molecule has 2 amide bonds. The molecule has 114 valence electrons. The van der Waals surface area contributed by atoms with Gasteiger partial charge in [-0.1, -0.05) is 23.2 Å². The molecule has 1 aromatic heterocycles. The van der Waals surface area contributed by atoms with Gasteiger partial charge in [-0.2, -0.15) is 0 Å². The number of primary amides is 1. The van der Waals surface area contributed by atoms with Crippen molar-refractivity contribution < 1.29 is 9.72 Å². The number of anilines is 2. The van der Waals surface area contributed by atoms with Crippen LogP contribution in [0.3, 0.4) is 0 Å². The number of halogens is 2. The van der Waals surface area contributed by atoms with Gasteiger partial charge in [0.1, 0.15) is 10.3 Å². The lowest BCUT2D eigenvalue weighted by Crippen LogP contribution is -2.40. The summed E-state index contributed by atoms with van der Waals surface area (Å²) in [4.78, 5) is 25.4. The van der Waals surface area contributed by atoms with E-state index in [-0.39, 0.29) is 21.7 Å². The molecule has 0 atom stereocenters. The number of pyridine rings is 1. The molecule has 0 aliphatic carbocycles. The highest BCUT2D eigenvalue weighted by Crippen LogP contribution is 2.24. The number of hydrogen-bond donors (Lipinski definition) is 2. The molecule has 1 aromatic carbocycles. The van der Waals surface area contributed by atoms with Gasteiger partial charge in [0.25, 0.3) is 5.69 Å². The number of nitrogens with zero attached hydrogens (tertiary/aromatic N) is 3. The van der Waals surface area contributed by atoms with Gasteiger partial charge in [-0.05, 0) is 12.1 Å². The van der Waals surface area contributed by atoms with Crippen molar-refractivity contribution in [1.29, 1.82) is 0 Å². The Morgan fingerprint density at radius 2 is 1.77 bits per heavy atom. The SMILES string of the molecule is NC(=O)N(Nc1ccc([N+](=O)[O-])cc1)c1cc(Cl)nc(Cl)c1. The minimum atomic E-state index is -0.823. The third-order valence-electron chi connectivity index (χ3n) is 2.55. The van der Waals surface area contributed by atoms with Crippen LogP contribution in [0.15, 0.2) is 36.4 Å². The quantitative estimate of drug-likeness (QED) is 0.503. The number of carbonyl (C=O) groups is 1. The number of nitro benzene ring substituents is 1. The number of nitro groups is 1. The maximum absolute atomic E-state index is 11.6. The van der Waals surface area contributed by atoms with Gasteiger partial charge in [0.15, 0.2) is 0 Å². The van der Waals surface area contributed by atoms with Gasteiger partial charge in [0.2, 0.25) is 0 Å². The van der Waals surface area contributed by atoms with Crippen LogP contribution in [-0.4, -0.2) is 15.9 Å². The summed E-state index contributed by atoms with van der Waals surface area (Å²) in [6.45, 7) is 0. The summed E-state index contributed by atoms with van der Waals surface area (Å²) >= 11 is 11.6. The summed E-state index contributed by atoms with van der Waals surface area (Å²) in [5.41, 5.74) is 8.62. The normalized spacial score (nSPS) is 10.1. The van der Waals surface area contributed by atoms with E-state index in [1.807, 2.05) is 0 Å². The molecule has 2 aromatic rings. The van der Waals surface area contributed by atoms with Crippen molar-refractivity contribution in [1.82, 2.24) is 4.98 Å². The van der Waals surface area contributed by atoms with Gasteiger partial charge >= 0.3 is 6.03 Å². The van der Waals surface area contributed by atoms with Crippen LogP contribution in [0.5, 0.6) is 0 Å². The van der Waals surface area contributed by atoms with Crippen molar-refractivity contribution in [3.63, 3.8) is 0 Å². The maximum atomic E-state index is 11.6. The highest BCUT2D eigenvalue weighted by atomic mass is 35.5. The molecule has 0 spiro atoms. The predicted molar refractivity (Wildman–Crippen MR) is 83.0 cm³/mol. The average Bonchev–Trinajstić information content (AvgIpc) is 2.43. The Labute approximate surface area is 134 Å². The van der Waals surface area contributed by atoms with Crippen LogP contribution in [0.2, 0.25) is 10.3 Å². The van der Waals surface area contributed by atoms with Crippen LogP contribution < -0.4 is 16.2 Å². The Kier molecular flexibility index (Phi) is 4.64. The standard InChI is InChI=1S/C12H9Cl2N5O3/c13-10-5-9(6-11(14)16-10)18(12(15)20)17-7-1-3-8(4-2-7)19(21)22/h1-6,17H,(H2,15,20). The molecule has 0 bridgehead atoms. The number of aromatic nitrogens is 1. The molecule has 8 nitrogen and oxygen atoms in total. The van der Waals surface area contributed by atoms with E-state index in [1.54, 1.807) is 0 Å². The monoisotopic (exact) mass is 341 g/mol. The smallest absolute Gasteiger partial charge is 0.338 e. The molecule has 0 radical (unpaired) electrons. The molecule has 10 heteroatoms. The number of urea groups is 1. The predicted octanol–water partition coefficient (Wildman–Crippen LogP) is 3.21. The molecule has 1 heterocycles. The van der Waals surface area contributed by atoms with Crippen molar-refractivity contribution in [2.75, 3.05) is 10.4 Å². The molecule has 3 N–H and O–H groups in total. The first-order valence-electron chi connectivity index (χ1n) is 5.80. The third kappa shape index (κ3) is 3.74. The zero-order valence-electron chi connectivity index (χ0n) is 10.9. The molecule has 22 heavy (non-hydrogen) atoms. The summed E-state index contributed by atoms with van der Waals surface area (Å²) in [6.07, 6.45) is 0. The third-order valence-corrected chi connectivity index (χ3v) is 2.93. The van der Waals surface area contributed by atoms with Gasteiger partial charge in [-0.15, -0.1) is 0 Å². The van der Waals surface area contributed by atoms with E-state index >= 15 is 0 Å².